The van der Waals surface area contributed by atoms with Crippen molar-refractivity contribution in [1.82, 2.24) is 15.5 Å². The van der Waals surface area contributed by atoms with E-state index in [-0.39, 0.29) is 17.5 Å². The summed E-state index contributed by atoms with van der Waals surface area (Å²) >= 11 is 0. The summed E-state index contributed by atoms with van der Waals surface area (Å²) in [4.78, 5) is 14.4. The van der Waals surface area contributed by atoms with E-state index >= 15 is 0 Å². The summed E-state index contributed by atoms with van der Waals surface area (Å²) in [7, 11) is 0. The monoisotopic (exact) mass is 253 g/mol. The van der Waals surface area contributed by atoms with Crippen LogP contribution in [0.3, 0.4) is 0 Å². The molecule has 1 heterocycles. The third-order valence-corrected chi connectivity index (χ3v) is 4.25. The highest BCUT2D eigenvalue weighted by molar-refractivity contribution is 5.78. The lowest BCUT2D eigenvalue weighted by Gasteiger charge is -2.49. The molecule has 2 rings (SSSR count). The molecular weight excluding hydrogens is 226 g/mol. The Balaban J connectivity index is 1.97. The molecule has 1 aliphatic carbocycles. The van der Waals surface area contributed by atoms with Gasteiger partial charge in [-0.15, -0.1) is 0 Å². The van der Waals surface area contributed by atoms with E-state index in [1.165, 1.54) is 32.1 Å². The normalized spacial score (nSPS) is 24.4. The van der Waals surface area contributed by atoms with Crippen molar-refractivity contribution in [2.45, 2.75) is 57.5 Å². The molecule has 4 heteroatoms. The van der Waals surface area contributed by atoms with Gasteiger partial charge in [-0.1, -0.05) is 19.3 Å². The molecular formula is C14H27N3O. The molecule has 104 valence electrons. The van der Waals surface area contributed by atoms with Crippen LogP contribution in [0.4, 0.5) is 0 Å². The first-order valence-electron chi connectivity index (χ1n) is 7.37. The van der Waals surface area contributed by atoms with E-state index in [2.05, 4.69) is 15.5 Å². The fourth-order valence-electron chi connectivity index (χ4n) is 3.37. The number of hydrogen-bond acceptors (Lipinski definition) is 3. The standard InChI is InChI=1S/C14H27N3O/c1-12(2)16-13(18)10-17-9-8-15-11-14(17)6-4-3-5-7-14/h12,15H,3-11H2,1-2H3,(H,16,18). The minimum Gasteiger partial charge on any atom is -0.353 e. The summed E-state index contributed by atoms with van der Waals surface area (Å²) in [6, 6.07) is 0.239. The number of hydrogen-bond donors (Lipinski definition) is 2. The lowest BCUT2D eigenvalue weighted by molar-refractivity contribution is -0.125. The molecule has 1 spiro atoms. The van der Waals surface area contributed by atoms with E-state index in [0.29, 0.717) is 6.54 Å². The summed E-state index contributed by atoms with van der Waals surface area (Å²) in [6.45, 7) is 7.68. The summed E-state index contributed by atoms with van der Waals surface area (Å²) in [5.74, 6) is 0.178. The van der Waals surface area contributed by atoms with E-state index < -0.39 is 0 Å². The summed E-state index contributed by atoms with van der Waals surface area (Å²) < 4.78 is 0. The minimum absolute atomic E-state index is 0.178. The summed E-state index contributed by atoms with van der Waals surface area (Å²) in [5, 5.41) is 6.53. The summed E-state index contributed by atoms with van der Waals surface area (Å²) in [6.07, 6.45) is 6.46. The maximum absolute atomic E-state index is 12.0. The minimum atomic E-state index is 0.178. The molecule has 1 aliphatic heterocycles. The average molecular weight is 253 g/mol. The van der Waals surface area contributed by atoms with Crippen molar-refractivity contribution in [3.63, 3.8) is 0 Å². The second-order valence-electron chi connectivity index (χ2n) is 6.11. The number of piperazine rings is 1. The van der Waals surface area contributed by atoms with Gasteiger partial charge in [0.05, 0.1) is 6.54 Å². The van der Waals surface area contributed by atoms with Crippen LogP contribution in [-0.2, 0) is 4.79 Å². The van der Waals surface area contributed by atoms with Gasteiger partial charge in [-0.2, -0.15) is 0 Å². The second-order valence-corrected chi connectivity index (χ2v) is 6.11. The third kappa shape index (κ3) is 3.23. The molecule has 0 aromatic heterocycles. The molecule has 0 atom stereocenters. The van der Waals surface area contributed by atoms with Crippen molar-refractivity contribution in [2.24, 2.45) is 0 Å². The van der Waals surface area contributed by atoms with Crippen LogP contribution in [0.15, 0.2) is 0 Å². The quantitative estimate of drug-likeness (QED) is 0.792. The molecule has 1 saturated carbocycles. The molecule has 0 aromatic rings. The number of nitrogens with one attached hydrogen (secondary N) is 2. The lowest BCUT2D eigenvalue weighted by Crippen LogP contribution is -2.63. The Morgan fingerprint density at radius 2 is 2.06 bits per heavy atom. The molecule has 2 aliphatic rings. The van der Waals surface area contributed by atoms with E-state index in [0.717, 1.165) is 19.6 Å². The van der Waals surface area contributed by atoms with Crippen molar-refractivity contribution in [2.75, 3.05) is 26.2 Å². The SMILES string of the molecule is CC(C)NC(=O)CN1CCNCC12CCCCC2. The Kier molecular flexibility index (Phi) is 4.62. The van der Waals surface area contributed by atoms with Crippen LogP contribution in [0.25, 0.3) is 0 Å². The van der Waals surface area contributed by atoms with Crippen LogP contribution in [0.2, 0.25) is 0 Å². The maximum Gasteiger partial charge on any atom is 0.234 e. The van der Waals surface area contributed by atoms with Gasteiger partial charge in [-0.05, 0) is 26.7 Å². The van der Waals surface area contributed by atoms with Crippen molar-refractivity contribution < 1.29 is 4.79 Å². The zero-order valence-electron chi connectivity index (χ0n) is 11.8. The maximum atomic E-state index is 12.0. The molecule has 18 heavy (non-hydrogen) atoms. The van der Waals surface area contributed by atoms with E-state index in [1.54, 1.807) is 0 Å². The molecule has 0 bridgehead atoms. The first kappa shape index (κ1) is 13.8. The lowest BCUT2D eigenvalue weighted by atomic mass is 9.79. The third-order valence-electron chi connectivity index (χ3n) is 4.25. The Hall–Kier alpha value is -0.610. The van der Waals surface area contributed by atoms with Gasteiger partial charge in [0.1, 0.15) is 0 Å². The molecule has 4 nitrogen and oxygen atoms in total. The van der Waals surface area contributed by atoms with Gasteiger partial charge < -0.3 is 10.6 Å². The fourth-order valence-corrected chi connectivity index (χ4v) is 3.37. The van der Waals surface area contributed by atoms with Crippen molar-refractivity contribution >= 4 is 5.91 Å². The first-order valence-corrected chi connectivity index (χ1v) is 7.37. The highest BCUT2D eigenvalue weighted by Crippen LogP contribution is 2.34. The molecule has 0 unspecified atom stereocenters. The van der Waals surface area contributed by atoms with Gasteiger partial charge in [-0.3, -0.25) is 9.69 Å². The number of carbonyl (C=O) groups is 1. The van der Waals surface area contributed by atoms with Gasteiger partial charge >= 0.3 is 0 Å². The van der Waals surface area contributed by atoms with Crippen molar-refractivity contribution in [3.05, 3.63) is 0 Å². The summed E-state index contributed by atoms with van der Waals surface area (Å²) in [5.41, 5.74) is 0.255. The van der Waals surface area contributed by atoms with Gasteiger partial charge in [0, 0.05) is 31.2 Å². The fraction of sp³-hybridized carbons (Fsp3) is 0.929. The molecule has 2 N–H and O–H groups in total. The molecule has 0 aromatic carbocycles. The van der Waals surface area contributed by atoms with Crippen molar-refractivity contribution in [3.8, 4) is 0 Å². The van der Waals surface area contributed by atoms with E-state index in [4.69, 9.17) is 0 Å². The van der Waals surface area contributed by atoms with E-state index in [1.807, 2.05) is 13.8 Å². The van der Waals surface area contributed by atoms with Gasteiger partial charge in [0.25, 0.3) is 0 Å². The highest BCUT2D eigenvalue weighted by atomic mass is 16.2. The average Bonchev–Trinajstić information content (AvgIpc) is 2.32. The topological polar surface area (TPSA) is 44.4 Å². The van der Waals surface area contributed by atoms with Gasteiger partial charge in [-0.25, -0.2) is 0 Å². The number of nitrogens with zero attached hydrogens (tertiary/aromatic N) is 1. The van der Waals surface area contributed by atoms with Gasteiger partial charge in [0.2, 0.25) is 5.91 Å². The predicted molar refractivity (Wildman–Crippen MR) is 73.5 cm³/mol. The first-order chi connectivity index (χ1) is 8.62. The van der Waals surface area contributed by atoms with Crippen LogP contribution < -0.4 is 10.6 Å². The predicted octanol–water partition coefficient (Wildman–Crippen LogP) is 1.12. The van der Waals surface area contributed by atoms with E-state index in [9.17, 15) is 4.79 Å². The second kappa shape index (κ2) is 6.02. The van der Waals surface area contributed by atoms with Crippen LogP contribution in [0.5, 0.6) is 0 Å². The Morgan fingerprint density at radius 1 is 1.33 bits per heavy atom. The molecule has 2 fully saturated rings. The van der Waals surface area contributed by atoms with Crippen molar-refractivity contribution in [1.29, 1.82) is 0 Å². The molecule has 1 saturated heterocycles. The highest BCUT2D eigenvalue weighted by Gasteiger charge is 2.40. The Morgan fingerprint density at radius 3 is 2.72 bits per heavy atom. The van der Waals surface area contributed by atoms with Crippen LogP contribution in [-0.4, -0.2) is 48.6 Å². The number of rotatable bonds is 3. The smallest absolute Gasteiger partial charge is 0.234 e. The number of carbonyl (C=O) groups excluding carboxylic acids is 1. The van der Waals surface area contributed by atoms with Crippen LogP contribution in [0, 0.1) is 0 Å². The van der Waals surface area contributed by atoms with Gasteiger partial charge in [0.15, 0.2) is 0 Å². The van der Waals surface area contributed by atoms with Crippen LogP contribution in [0.1, 0.15) is 46.0 Å². The zero-order chi connectivity index (χ0) is 13.0. The molecule has 0 radical (unpaired) electrons. The zero-order valence-corrected chi connectivity index (χ0v) is 11.8. The Labute approximate surface area is 110 Å². The van der Waals surface area contributed by atoms with Crippen LogP contribution >= 0.6 is 0 Å². The number of amides is 1. The molecule has 1 amide bonds. The Bertz CT molecular complexity index is 276. The largest absolute Gasteiger partial charge is 0.353 e.